The van der Waals surface area contributed by atoms with Gasteiger partial charge in [-0.25, -0.2) is 4.98 Å². The van der Waals surface area contributed by atoms with E-state index < -0.39 is 0 Å². The highest BCUT2D eigenvalue weighted by molar-refractivity contribution is 9.10. The molecule has 21 heavy (non-hydrogen) atoms. The van der Waals surface area contributed by atoms with Crippen LogP contribution in [0, 0.1) is 0 Å². The fourth-order valence-electron chi connectivity index (χ4n) is 1.60. The van der Waals surface area contributed by atoms with Gasteiger partial charge in [0.05, 0.1) is 6.26 Å². The van der Waals surface area contributed by atoms with E-state index in [1.54, 1.807) is 30.5 Å². The zero-order valence-electron chi connectivity index (χ0n) is 11.1. The molecule has 6 nitrogen and oxygen atoms in total. The van der Waals surface area contributed by atoms with Crippen LogP contribution in [-0.2, 0) is 4.79 Å². The Balaban J connectivity index is 1.65. The molecule has 0 bridgehead atoms. The lowest BCUT2D eigenvalue weighted by Crippen LogP contribution is -2.25. The van der Waals surface area contributed by atoms with Crippen LogP contribution in [-0.4, -0.2) is 23.3 Å². The molecule has 2 aromatic heterocycles. The summed E-state index contributed by atoms with van der Waals surface area (Å²) < 4.78 is 5.81. The van der Waals surface area contributed by atoms with Crippen LogP contribution in [0.2, 0.25) is 0 Å². The summed E-state index contributed by atoms with van der Waals surface area (Å²) >= 11 is 3.27. The molecule has 110 valence electrons. The average Bonchev–Trinajstić information content (AvgIpc) is 3.00. The number of furan rings is 1. The van der Waals surface area contributed by atoms with Crippen LogP contribution in [0.4, 0.5) is 5.82 Å². The quantitative estimate of drug-likeness (QED) is 0.783. The summed E-state index contributed by atoms with van der Waals surface area (Å²) in [5.41, 5.74) is 0. The van der Waals surface area contributed by atoms with Crippen molar-refractivity contribution in [3.63, 3.8) is 0 Å². The van der Waals surface area contributed by atoms with Gasteiger partial charge in [0, 0.05) is 23.6 Å². The van der Waals surface area contributed by atoms with Crippen molar-refractivity contribution in [3.05, 3.63) is 47.0 Å². The first-order chi connectivity index (χ1) is 10.1. The minimum atomic E-state index is -0.282. The zero-order chi connectivity index (χ0) is 15.1. The number of nitrogens with one attached hydrogen (secondary N) is 2. The highest BCUT2D eigenvalue weighted by atomic mass is 79.9. The molecule has 0 spiro atoms. The molecule has 7 heteroatoms. The molecule has 0 atom stereocenters. The van der Waals surface area contributed by atoms with E-state index in [0.29, 0.717) is 25.2 Å². The van der Waals surface area contributed by atoms with Crippen molar-refractivity contribution in [3.8, 4) is 0 Å². The summed E-state index contributed by atoms with van der Waals surface area (Å²) in [4.78, 5) is 27.3. The summed E-state index contributed by atoms with van der Waals surface area (Å²) in [5.74, 6) is 0.341. The molecule has 0 aliphatic rings. The van der Waals surface area contributed by atoms with Crippen molar-refractivity contribution < 1.29 is 14.0 Å². The molecule has 0 radical (unpaired) electrons. The maximum atomic E-state index is 11.7. The van der Waals surface area contributed by atoms with Crippen LogP contribution in [0.1, 0.15) is 23.4 Å². The number of hydrogen-bond donors (Lipinski definition) is 2. The number of carbonyl (C=O) groups excluding carboxylic acids is 2. The lowest BCUT2D eigenvalue weighted by atomic mass is 10.3. The molecule has 2 amide bonds. The molecule has 2 aromatic rings. The number of rotatable bonds is 6. The van der Waals surface area contributed by atoms with Crippen LogP contribution >= 0.6 is 15.9 Å². The molecule has 0 aliphatic carbocycles. The Morgan fingerprint density at radius 3 is 2.81 bits per heavy atom. The van der Waals surface area contributed by atoms with E-state index in [2.05, 4.69) is 31.5 Å². The third-order valence-corrected chi connectivity index (χ3v) is 3.08. The van der Waals surface area contributed by atoms with Gasteiger partial charge in [-0.1, -0.05) is 0 Å². The molecular weight excluding hydrogens is 338 g/mol. The molecule has 0 aromatic carbocycles. The summed E-state index contributed by atoms with van der Waals surface area (Å²) in [6.07, 6.45) is 3.89. The zero-order valence-corrected chi connectivity index (χ0v) is 12.7. The maximum absolute atomic E-state index is 11.7. The number of carbonyl (C=O) groups is 2. The van der Waals surface area contributed by atoms with Gasteiger partial charge >= 0.3 is 0 Å². The second kappa shape index (κ2) is 7.58. The van der Waals surface area contributed by atoms with Crippen molar-refractivity contribution in [1.82, 2.24) is 10.3 Å². The van der Waals surface area contributed by atoms with Gasteiger partial charge < -0.3 is 15.1 Å². The first kappa shape index (κ1) is 15.2. The van der Waals surface area contributed by atoms with Gasteiger partial charge in [-0.2, -0.15) is 0 Å². The van der Waals surface area contributed by atoms with Crippen LogP contribution < -0.4 is 10.6 Å². The molecular formula is C14H14BrN3O3. The van der Waals surface area contributed by atoms with Crippen molar-refractivity contribution in [2.24, 2.45) is 0 Å². The molecule has 2 rings (SSSR count). The minimum absolute atomic E-state index is 0.142. The SMILES string of the molecule is O=C(CCCNC(=O)c1ccco1)Nc1ccc(Br)cn1. The van der Waals surface area contributed by atoms with E-state index in [1.165, 1.54) is 6.26 Å². The summed E-state index contributed by atoms with van der Waals surface area (Å²) in [7, 11) is 0. The van der Waals surface area contributed by atoms with Gasteiger partial charge in [0.25, 0.3) is 5.91 Å². The van der Waals surface area contributed by atoms with Crippen LogP contribution in [0.5, 0.6) is 0 Å². The molecule has 0 saturated heterocycles. The minimum Gasteiger partial charge on any atom is -0.459 e. The number of halogens is 1. The largest absolute Gasteiger partial charge is 0.459 e. The molecule has 0 saturated carbocycles. The molecule has 0 fully saturated rings. The maximum Gasteiger partial charge on any atom is 0.286 e. The topological polar surface area (TPSA) is 84.2 Å². The number of amides is 2. The van der Waals surface area contributed by atoms with E-state index in [4.69, 9.17) is 4.42 Å². The van der Waals surface area contributed by atoms with Gasteiger partial charge in [0.15, 0.2) is 5.76 Å². The van der Waals surface area contributed by atoms with Gasteiger partial charge in [-0.15, -0.1) is 0 Å². The Hall–Kier alpha value is -2.15. The van der Waals surface area contributed by atoms with Crippen molar-refractivity contribution in [2.45, 2.75) is 12.8 Å². The van der Waals surface area contributed by atoms with E-state index in [1.807, 2.05) is 0 Å². The average molecular weight is 352 g/mol. The normalized spacial score (nSPS) is 10.1. The third-order valence-electron chi connectivity index (χ3n) is 2.61. The van der Waals surface area contributed by atoms with E-state index in [-0.39, 0.29) is 17.6 Å². The van der Waals surface area contributed by atoms with Crippen LogP contribution in [0.15, 0.2) is 45.6 Å². The Kier molecular flexibility index (Phi) is 5.51. The Bertz CT molecular complexity index is 596. The molecule has 2 heterocycles. The highest BCUT2D eigenvalue weighted by Gasteiger charge is 2.08. The van der Waals surface area contributed by atoms with E-state index >= 15 is 0 Å². The lowest BCUT2D eigenvalue weighted by molar-refractivity contribution is -0.116. The van der Waals surface area contributed by atoms with Gasteiger partial charge in [-0.05, 0) is 46.6 Å². The van der Waals surface area contributed by atoms with Crippen molar-refractivity contribution in [2.75, 3.05) is 11.9 Å². The Morgan fingerprint density at radius 2 is 2.14 bits per heavy atom. The Labute approximate surface area is 130 Å². The second-order valence-corrected chi connectivity index (χ2v) is 5.16. The fraction of sp³-hybridized carbons (Fsp3) is 0.214. The monoisotopic (exact) mass is 351 g/mol. The fourth-order valence-corrected chi connectivity index (χ4v) is 1.84. The highest BCUT2D eigenvalue weighted by Crippen LogP contribution is 2.10. The molecule has 2 N–H and O–H groups in total. The number of hydrogen-bond acceptors (Lipinski definition) is 4. The first-order valence-electron chi connectivity index (χ1n) is 6.38. The van der Waals surface area contributed by atoms with Crippen LogP contribution in [0.3, 0.4) is 0 Å². The van der Waals surface area contributed by atoms with Gasteiger partial charge in [0.2, 0.25) is 5.91 Å². The molecule has 0 unspecified atom stereocenters. The predicted octanol–water partition coefficient (Wildman–Crippen LogP) is 2.59. The summed E-state index contributed by atoms with van der Waals surface area (Å²) in [5, 5.41) is 5.36. The van der Waals surface area contributed by atoms with E-state index in [0.717, 1.165) is 4.47 Å². The van der Waals surface area contributed by atoms with Crippen molar-refractivity contribution >= 4 is 33.6 Å². The molecule has 0 aliphatic heterocycles. The van der Waals surface area contributed by atoms with Gasteiger partial charge in [0.1, 0.15) is 5.82 Å². The number of pyridine rings is 1. The number of anilines is 1. The predicted molar refractivity (Wildman–Crippen MR) is 80.8 cm³/mol. The lowest BCUT2D eigenvalue weighted by Gasteiger charge is -2.05. The standard InChI is InChI=1S/C14H14BrN3O3/c15-10-5-6-12(17-9-10)18-13(19)4-1-7-16-14(20)11-3-2-8-21-11/h2-3,5-6,8-9H,1,4,7H2,(H,16,20)(H,17,18,19). The van der Waals surface area contributed by atoms with Gasteiger partial charge in [-0.3, -0.25) is 9.59 Å². The number of nitrogens with zero attached hydrogens (tertiary/aromatic N) is 1. The van der Waals surface area contributed by atoms with Crippen molar-refractivity contribution in [1.29, 1.82) is 0 Å². The second-order valence-electron chi connectivity index (χ2n) is 4.25. The third kappa shape index (κ3) is 5.03. The first-order valence-corrected chi connectivity index (χ1v) is 7.17. The van der Waals surface area contributed by atoms with Crippen LogP contribution in [0.25, 0.3) is 0 Å². The smallest absolute Gasteiger partial charge is 0.286 e. The Morgan fingerprint density at radius 1 is 1.29 bits per heavy atom. The number of aromatic nitrogens is 1. The summed E-state index contributed by atoms with van der Waals surface area (Å²) in [6.45, 7) is 0.403. The summed E-state index contributed by atoms with van der Waals surface area (Å²) in [6, 6.07) is 6.74. The van der Waals surface area contributed by atoms with E-state index in [9.17, 15) is 9.59 Å².